The highest BCUT2D eigenvalue weighted by molar-refractivity contribution is 5.56. The molecule has 0 spiro atoms. The van der Waals surface area contributed by atoms with Crippen LogP contribution in [0.25, 0.3) is 0 Å². The zero-order valence-corrected chi connectivity index (χ0v) is 11.2. The Kier molecular flexibility index (Phi) is 4.37. The van der Waals surface area contributed by atoms with Crippen molar-refractivity contribution in [3.63, 3.8) is 0 Å². The van der Waals surface area contributed by atoms with E-state index >= 15 is 0 Å². The van der Waals surface area contributed by atoms with Gasteiger partial charge in [0.25, 0.3) is 5.69 Å². The second kappa shape index (κ2) is 6.02. The van der Waals surface area contributed by atoms with E-state index in [1.54, 1.807) is 12.1 Å². The molecule has 0 aromatic heterocycles. The number of aliphatic hydroxyl groups is 1. The lowest BCUT2D eigenvalue weighted by molar-refractivity contribution is -0.384. The van der Waals surface area contributed by atoms with Crippen LogP contribution in [-0.2, 0) is 0 Å². The first-order valence-corrected chi connectivity index (χ1v) is 6.75. The van der Waals surface area contributed by atoms with E-state index in [4.69, 9.17) is 0 Å². The highest BCUT2D eigenvalue weighted by atomic mass is 16.6. The van der Waals surface area contributed by atoms with Crippen molar-refractivity contribution >= 4 is 11.4 Å². The lowest BCUT2D eigenvalue weighted by atomic mass is 10.1. The van der Waals surface area contributed by atoms with E-state index in [1.807, 2.05) is 13.0 Å². The van der Waals surface area contributed by atoms with Crippen LogP contribution in [0, 0.1) is 17.0 Å². The van der Waals surface area contributed by atoms with Gasteiger partial charge < -0.3 is 10.0 Å². The van der Waals surface area contributed by atoms with Crippen LogP contribution < -0.4 is 4.90 Å². The predicted octanol–water partition coefficient (Wildman–Crippen LogP) is 2.64. The minimum absolute atomic E-state index is 0.0731. The van der Waals surface area contributed by atoms with Crippen LogP contribution in [0.4, 0.5) is 11.4 Å². The standard InChI is InChI=1S/C14H20N2O3/c1-11-7-13(9-14(8-11)16(18)19)15-6-4-2-3-5-12(15)10-17/h7-9,12,17H,2-6,10H2,1H3. The summed E-state index contributed by atoms with van der Waals surface area (Å²) < 4.78 is 0. The number of nitro benzene ring substituents is 1. The second-order valence-corrected chi connectivity index (χ2v) is 5.16. The van der Waals surface area contributed by atoms with E-state index in [2.05, 4.69) is 4.90 Å². The van der Waals surface area contributed by atoms with E-state index < -0.39 is 0 Å². The molecule has 104 valence electrons. The summed E-state index contributed by atoms with van der Waals surface area (Å²) in [5.41, 5.74) is 1.86. The molecule has 0 radical (unpaired) electrons. The number of nitro groups is 1. The molecule has 1 fully saturated rings. The van der Waals surface area contributed by atoms with Gasteiger partial charge in [0.2, 0.25) is 0 Å². The quantitative estimate of drug-likeness (QED) is 0.673. The average molecular weight is 264 g/mol. The van der Waals surface area contributed by atoms with Crippen LogP contribution in [0.5, 0.6) is 0 Å². The number of benzene rings is 1. The minimum Gasteiger partial charge on any atom is -0.394 e. The second-order valence-electron chi connectivity index (χ2n) is 5.16. The fraction of sp³-hybridized carbons (Fsp3) is 0.571. The molecule has 1 aromatic rings. The molecule has 1 aliphatic heterocycles. The van der Waals surface area contributed by atoms with Crippen LogP contribution in [-0.4, -0.2) is 29.2 Å². The number of hydrogen-bond donors (Lipinski definition) is 1. The van der Waals surface area contributed by atoms with Crippen molar-refractivity contribution in [1.29, 1.82) is 0 Å². The molecule has 1 aromatic carbocycles. The summed E-state index contributed by atoms with van der Waals surface area (Å²) in [5.74, 6) is 0. The molecule has 1 N–H and O–H groups in total. The number of hydrogen-bond acceptors (Lipinski definition) is 4. The number of anilines is 1. The van der Waals surface area contributed by atoms with Gasteiger partial charge in [-0.05, 0) is 31.4 Å². The van der Waals surface area contributed by atoms with Gasteiger partial charge in [0.05, 0.1) is 17.6 Å². The van der Waals surface area contributed by atoms with Crippen molar-refractivity contribution in [2.24, 2.45) is 0 Å². The summed E-state index contributed by atoms with van der Waals surface area (Å²) >= 11 is 0. The smallest absolute Gasteiger partial charge is 0.271 e. The van der Waals surface area contributed by atoms with Gasteiger partial charge in [0, 0.05) is 24.4 Å². The third-order valence-corrected chi connectivity index (χ3v) is 3.68. The van der Waals surface area contributed by atoms with Crippen LogP contribution in [0.3, 0.4) is 0 Å². The molecule has 0 amide bonds. The first kappa shape index (κ1) is 13.8. The zero-order valence-electron chi connectivity index (χ0n) is 11.2. The number of aryl methyl sites for hydroxylation is 1. The van der Waals surface area contributed by atoms with Gasteiger partial charge >= 0.3 is 0 Å². The molecule has 2 rings (SSSR count). The Morgan fingerprint density at radius 2 is 2.16 bits per heavy atom. The Balaban J connectivity index is 2.34. The van der Waals surface area contributed by atoms with Gasteiger partial charge in [-0.3, -0.25) is 10.1 Å². The van der Waals surface area contributed by atoms with Gasteiger partial charge in [0.15, 0.2) is 0 Å². The Hall–Kier alpha value is -1.62. The number of non-ortho nitro benzene ring substituents is 1. The third kappa shape index (κ3) is 3.23. The summed E-state index contributed by atoms with van der Waals surface area (Å²) in [6.07, 6.45) is 4.27. The van der Waals surface area contributed by atoms with Gasteiger partial charge in [-0.25, -0.2) is 0 Å². The van der Waals surface area contributed by atoms with E-state index in [9.17, 15) is 15.2 Å². The normalized spacial score (nSPS) is 20.1. The Morgan fingerprint density at radius 1 is 1.37 bits per heavy atom. The molecule has 0 saturated carbocycles. The largest absolute Gasteiger partial charge is 0.394 e. The SMILES string of the molecule is Cc1cc(N2CCCCCC2CO)cc([N+](=O)[O-])c1. The van der Waals surface area contributed by atoms with Crippen molar-refractivity contribution < 1.29 is 10.0 Å². The number of aliphatic hydroxyl groups excluding tert-OH is 1. The molecular formula is C14H20N2O3. The topological polar surface area (TPSA) is 66.6 Å². The van der Waals surface area contributed by atoms with Crippen LogP contribution in [0.2, 0.25) is 0 Å². The first-order valence-electron chi connectivity index (χ1n) is 6.75. The van der Waals surface area contributed by atoms with Crippen molar-refractivity contribution in [3.05, 3.63) is 33.9 Å². The van der Waals surface area contributed by atoms with Crippen LogP contribution >= 0.6 is 0 Å². The van der Waals surface area contributed by atoms with E-state index in [1.165, 1.54) is 0 Å². The highest BCUT2D eigenvalue weighted by Crippen LogP contribution is 2.28. The van der Waals surface area contributed by atoms with Gasteiger partial charge in [-0.15, -0.1) is 0 Å². The first-order chi connectivity index (χ1) is 9.11. The minimum atomic E-state index is -0.359. The van der Waals surface area contributed by atoms with Crippen molar-refractivity contribution in [1.82, 2.24) is 0 Å². The Labute approximate surface area is 113 Å². The zero-order chi connectivity index (χ0) is 13.8. The number of nitrogens with zero attached hydrogens (tertiary/aromatic N) is 2. The fourth-order valence-corrected chi connectivity index (χ4v) is 2.72. The summed E-state index contributed by atoms with van der Waals surface area (Å²) in [4.78, 5) is 12.7. The van der Waals surface area contributed by atoms with Crippen molar-refractivity contribution in [3.8, 4) is 0 Å². The third-order valence-electron chi connectivity index (χ3n) is 3.68. The average Bonchev–Trinajstić information content (AvgIpc) is 2.62. The molecule has 5 heteroatoms. The van der Waals surface area contributed by atoms with Crippen molar-refractivity contribution in [2.75, 3.05) is 18.1 Å². The number of rotatable bonds is 3. The molecule has 1 saturated heterocycles. The Bertz CT molecular complexity index is 462. The van der Waals surface area contributed by atoms with Crippen LogP contribution in [0.15, 0.2) is 18.2 Å². The maximum Gasteiger partial charge on any atom is 0.271 e. The monoisotopic (exact) mass is 264 g/mol. The fourth-order valence-electron chi connectivity index (χ4n) is 2.72. The lowest BCUT2D eigenvalue weighted by Gasteiger charge is -2.31. The van der Waals surface area contributed by atoms with Crippen molar-refractivity contribution in [2.45, 2.75) is 38.6 Å². The molecule has 5 nitrogen and oxygen atoms in total. The molecule has 0 bridgehead atoms. The van der Waals surface area contributed by atoms with Gasteiger partial charge in [-0.2, -0.15) is 0 Å². The maximum atomic E-state index is 10.9. The van der Waals surface area contributed by atoms with E-state index in [0.717, 1.165) is 43.5 Å². The summed E-state index contributed by atoms with van der Waals surface area (Å²) in [6.45, 7) is 2.82. The molecular weight excluding hydrogens is 244 g/mol. The van der Waals surface area contributed by atoms with Gasteiger partial charge in [0.1, 0.15) is 0 Å². The molecule has 0 aliphatic carbocycles. The lowest BCUT2D eigenvalue weighted by Crippen LogP contribution is -2.37. The highest BCUT2D eigenvalue weighted by Gasteiger charge is 2.22. The summed E-state index contributed by atoms with van der Waals surface area (Å²) in [7, 11) is 0. The van der Waals surface area contributed by atoms with Crippen LogP contribution in [0.1, 0.15) is 31.2 Å². The summed E-state index contributed by atoms with van der Waals surface area (Å²) in [6, 6.07) is 5.22. The molecule has 1 aliphatic rings. The summed E-state index contributed by atoms with van der Waals surface area (Å²) in [5, 5.41) is 20.5. The molecule has 1 heterocycles. The molecule has 1 atom stereocenters. The van der Waals surface area contributed by atoms with E-state index in [0.29, 0.717) is 0 Å². The molecule has 19 heavy (non-hydrogen) atoms. The Morgan fingerprint density at radius 3 is 2.84 bits per heavy atom. The predicted molar refractivity (Wildman–Crippen MR) is 74.5 cm³/mol. The van der Waals surface area contributed by atoms with E-state index in [-0.39, 0.29) is 23.3 Å². The maximum absolute atomic E-state index is 10.9. The molecule has 1 unspecified atom stereocenters. The van der Waals surface area contributed by atoms with Gasteiger partial charge in [-0.1, -0.05) is 12.8 Å².